The number of sulfonamides is 1. The monoisotopic (exact) mass is 314 g/mol. The summed E-state index contributed by atoms with van der Waals surface area (Å²) in [6, 6.07) is 1.94. The van der Waals surface area contributed by atoms with Gasteiger partial charge in [-0.25, -0.2) is 13.1 Å². The van der Waals surface area contributed by atoms with Crippen molar-refractivity contribution in [1.29, 1.82) is 0 Å². The van der Waals surface area contributed by atoms with E-state index in [-0.39, 0.29) is 17.2 Å². The van der Waals surface area contributed by atoms with Crippen LogP contribution in [0, 0.1) is 5.41 Å². The summed E-state index contributed by atoms with van der Waals surface area (Å²) in [6.07, 6.45) is 3.63. The van der Waals surface area contributed by atoms with E-state index in [9.17, 15) is 8.42 Å². The molecule has 2 rings (SSSR count). The highest BCUT2D eigenvalue weighted by Gasteiger charge is 2.28. The van der Waals surface area contributed by atoms with Crippen molar-refractivity contribution in [2.24, 2.45) is 12.5 Å². The molecule has 1 saturated heterocycles. The van der Waals surface area contributed by atoms with E-state index < -0.39 is 10.0 Å². The van der Waals surface area contributed by atoms with E-state index in [0.29, 0.717) is 6.54 Å². The molecule has 1 aliphatic heterocycles. The Morgan fingerprint density at radius 3 is 2.71 bits per heavy atom. The second-order valence-electron chi connectivity index (χ2n) is 7.04. The third kappa shape index (κ3) is 4.71. The maximum Gasteiger partial charge on any atom is 0.212 e. The zero-order valence-electron chi connectivity index (χ0n) is 13.3. The van der Waals surface area contributed by atoms with E-state index in [0.717, 1.165) is 25.2 Å². The van der Waals surface area contributed by atoms with Crippen molar-refractivity contribution in [3.63, 3.8) is 0 Å². The van der Waals surface area contributed by atoms with Crippen LogP contribution < -0.4 is 9.62 Å². The Morgan fingerprint density at radius 2 is 2.14 bits per heavy atom. The number of aryl methyl sites for hydroxylation is 1. The summed E-state index contributed by atoms with van der Waals surface area (Å²) in [7, 11) is -1.33. The summed E-state index contributed by atoms with van der Waals surface area (Å²) < 4.78 is 29.1. The molecule has 21 heavy (non-hydrogen) atoms. The molecule has 2 heterocycles. The molecule has 0 bridgehead atoms. The molecule has 0 amide bonds. The molecule has 1 N–H and O–H groups in total. The lowest BCUT2D eigenvalue weighted by atomic mass is 10.0. The highest BCUT2D eigenvalue weighted by atomic mass is 32.2. The fourth-order valence-corrected chi connectivity index (χ4v) is 4.75. The minimum Gasteiger partial charge on any atom is -0.355 e. The molecule has 1 aromatic rings. The van der Waals surface area contributed by atoms with Gasteiger partial charge in [-0.1, -0.05) is 20.8 Å². The van der Waals surface area contributed by atoms with Gasteiger partial charge in [-0.05, 0) is 18.3 Å². The smallest absolute Gasteiger partial charge is 0.212 e. The van der Waals surface area contributed by atoms with Crippen molar-refractivity contribution in [3.05, 3.63) is 12.3 Å². The molecule has 120 valence electrons. The lowest BCUT2D eigenvalue weighted by Gasteiger charge is -2.34. The van der Waals surface area contributed by atoms with Gasteiger partial charge in [0.05, 0.1) is 11.9 Å². The van der Waals surface area contributed by atoms with Gasteiger partial charge < -0.3 is 4.90 Å². The van der Waals surface area contributed by atoms with Crippen LogP contribution in [-0.2, 0) is 17.1 Å². The third-order valence-electron chi connectivity index (χ3n) is 3.51. The van der Waals surface area contributed by atoms with Gasteiger partial charge in [0.25, 0.3) is 0 Å². The van der Waals surface area contributed by atoms with Gasteiger partial charge in [-0.2, -0.15) is 5.10 Å². The predicted molar refractivity (Wildman–Crippen MR) is 84.8 cm³/mol. The van der Waals surface area contributed by atoms with Crippen LogP contribution in [0.1, 0.15) is 33.6 Å². The van der Waals surface area contributed by atoms with E-state index in [2.05, 4.69) is 14.7 Å². The van der Waals surface area contributed by atoms with E-state index in [1.54, 1.807) is 6.20 Å². The Labute approximate surface area is 127 Å². The number of hydrogen-bond acceptors (Lipinski definition) is 4. The summed E-state index contributed by atoms with van der Waals surface area (Å²) in [4.78, 5) is 2.20. The molecule has 0 radical (unpaired) electrons. The topological polar surface area (TPSA) is 67.2 Å². The molecule has 0 spiro atoms. The van der Waals surface area contributed by atoms with Gasteiger partial charge in [-0.3, -0.25) is 4.68 Å². The fraction of sp³-hybridized carbons (Fsp3) is 0.786. The molecule has 6 nitrogen and oxygen atoms in total. The number of anilines is 1. The number of hydrogen-bond donors (Lipinski definition) is 1. The Kier molecular flexibility index (Phi) is 4.63. The van der Waals surface area contributed by atoms with Gasteiger partial charge >= 0.3 is 0 Å². The van der Waals surface area contributed by atoms with Crippen LogP contribution in [0.2, 0.25) is 0 Å². The minimum atomic E-state index is -3.24. The maximum atomic E-state index is 12.2. The molecular weight excluding hydrogens is 288 g/mol. The quantitative estimate of drug-likeness (QED) is 0.911. The van der Waals surface area contributed by atoms with Crippen LogP contribution in [0.15, 0.2) is 12.3 Å². The SMILES string of the molecule is Cn1nccc1N1CCCC(NS(=O)(=O)CC(C)(C)C)C1. The first-order valence-electron chi connectivity index (χ1n) is 7.39. The Hall–Kier alpha value is -1.08. The van der Waals surface area contributed by atoms with Crippen molar-refractivity contribution in [2.45, 2.75) is 39.7 Å². The Morgan fingerprint density at radius 1 is 1.43 bits per heavy atom. The zero-order valence-corrected chi connectivity index (χ0v) is 14.2. The molecule has 7 heteroatoms. The van der Waals surface area contributed by atoms with E-state index >= 15 is 0 Å². The van der Waals surface area contributed by atoms with Crippen LogP contribution in [0.5, 0.6) is 0 Å². The average molecular weight is 314 g/mol. The van der Waals surface area contributed by atoms with Crippen LogP contribution in [-0.4, -0.2) is 43.1 Å². The largest absolute Gasteiger partial charge is 0.355 e. The summed E-state index contributed by atoms with van der Waals surface area (Å²) in [5.41, 5.74) is -0.234. The van der Waals surface area contributed by atoms with Crippen molar-refractivity contribution >= 4 is 15.8 Å². The molecule has 1 aromatic heterocycles. The summed E-state index contributed by atoms with van der Waals surface area (Å²) in [5.74, 6) is 1.19. The zero-order chi connectivity index (χ0) is 15.7. The van der Waals surface area contributed by atoms with Crippen molar-refractivity contribution in [1.82, 2.24) is 14.5 Å². The van der Waals surface area contributed by atoms with Gasteiger partial charge in [0.15, 0.2) is 0 Å². The lowest BCUT2D eigenvalue weighted by molar-refractivity contribution is 0.436. The molecule has 0 aliphatic carbocycles. The second kappa shape index (κ2) is 5.96. The lowest BCUT2D eigenvalue weighted by Crippen LogP contribution is -2.49. The highest BCUT2D eigenvalue weighted by molar-refractivity contribution is 7.89. The Balaban J connectivity index is 2.00. The molecular formula is C14H26N4O2S. The third-order valence-corrected chi connectivity index (χ3v) is 5.45. The predicted octanol–water partition coefficient (Wildman–Crippen LogP) is 1.35. The standard InChI is InChI=1S/C14H26N4O2S/c1-14(2,3)11-21(19,20)16-12-6-5-9-18(10-12)13-7-8-15-17(13)4/h7-8,12,16H,5-6,9-11H2,1-4H3. The first-order chi connectivity index (χ1) is 9.66. The van der Waals surface area contributed by atoms with Crippen LogP contribution in [0.3, 0.4) is 0 Å². The highest BCUT2D eigenvalue weighted by Crippen LogP contribution is 2.20. The normalized spacial score (nSPS) is 20.8. The fourth-order valence-electron chi connectivity index (χ4n) is 2.82. The first-order valence-corrected chi connectivity index (χ1v) is 9.04. The number of nitrogens with one attached hydrogen (secondary N) is 1. The van der Waals surface area contributed by atoms with Gasteiger partial charge in [0, 0.05) is 32.2 Å². The van der Waals surface area contributed by atoms with E-state index in [4.69, 9.17) is 0 Å². The van der Waals surface area contributed by atoms with Crippen molar-refractivity contribution in [3.8, 4) is 0 Å². The molecule has 1 fully saturated rings. The van der Waals surface area contributed by atoms with Crippen LogP contribution in [0.4, 0.5) is 5.82 Å². The van der Waals surface area contributed by atoms with Crippen LogP contribution >= 0.6 is 0 Å². The second-order valence-corrected chi connectivity index (χ2v) is 8.79. The summed E-state index contributed by atoms with van der Waals surface area (Å²) in [5, 5.41) is 4.18. The Bertz CT molecular complexity index is 574. The molecule has 1 unspecified atom stereocenters. The van der Waals surface area contributed by atoms with Gasteiger partial charge in [-0.15, -0.1) is 0 Å². The van der Waals surface area contributed by atoms with Gasteiger partial charge in [0.2, 0.25) is 10.0 Å². The molecule has 0 saturated carbocycles. The molecule has 0 aromatic carbocycles. The van der Waals surface area contributed by atoms with Gasteiger partial charge in [0.1, 0.15) is 5.82 Å². The van der Waals surface area contributed by atoms with E-state index in [1.165, 1.54) is 0 Å². The average Bonchev–Trinajstić information content (AvgIpc) is 2.71. The molecule has 1 aliphatic rings. The first kappa shape index (κ1) is 16.3. The number of piperidine rings is 1. The summed E-state index contributed by atoms with van der Waals surface area (Å²) >= 11 is 0. The number of nitrogens with zero attached hydrogens (tertiary/aromatic N) is 3. The van der Waals surface area contributed by atoms with Crippen molar-refractivity contribution < 1.29 is 8.42 Å². The minimum absolute atomic E-state index is 0.0269. The number of aromatic nitrogens is 2. The number of rotatable bonds is 4. The van der Waals surface area contributed by atoms with Crippen molar-refractivity contribution in [2.75, 3.05) is 23.7 Å². The van der Waals surface area contributed by atoms with E-state index in [1.807, 2.05) is 38.6 Å². The summed E-state index contributed by atoms with van der Waals surface area (Å²) in [6.45, 7) is 7.46. The van der Waals surface area contributed by atoms with Crippen LogP contribution in [0.25, 0.3) is 0 Å². The maximum absolute atomic E-state index is 12.2. The molecule has 1 atom stereocenters.